The third-order valence-corrected chi connectivity index (χ3v) is 5.18. The minimum atomic E-state index is -0.706. The summed E-state index contributed by atoms with van der Waals surface area (Å²) in [5.74, 6) is 0.0522. The largest absolute Gasteiger partial charge is 0.378 e. The summed E-state index contributed by atoms with van der Waals surface area (Å²) < 4.78 is 29.4. The van der Waals surface area contributed by atoms with Gasteiger partial charge in [0.05, 0.1) is 6.54 Å². The molecule has 0 aliphatic carbocycles. The first-order valence-corrected chi connectivity index (χ1v) is 10.4. The summed E-state index contributed by atoms with van der Waals surface area (Å²) in [4.78, 5) is 20.8. The Morgan fingerprint density at radius 1 is 1.00 bits per heavy atom. The Kier molecular flexibility index (Phi) is 6.72. The molecule has 0 fully saturated rings. The van der Waals surface area contributed by atoms with E-state index in [1.165, 1.54) is 12.4 Å². The first-order chi connectivity index (χ1) is 16.5. The number of rotatable bonds is 8. The Morgan fingerprint density at radius 2 is 1.76 bits per heavy atom. The highest BCUT2D eigenvalue weighted by Gasteiger charge is 2.14. The van der Waals surface area contributed by atoms with E-state index in [9.17, 15) is 13.6 Å². The fraction of sp³-hybridized carbons (Fsp3) is 0.174. The fourth-order valence-corrected chi connectivity index (χ4v) is 3.28. The van der Waals surface area contributed by atoms with Crippen molar-refractivity contribution in [1.29, 1.82) is 0 Å². The maximum atomic E-state index is 13.8. The average molecular weight is 464 g/mol. The van der Waals surface area contributed by atoms with E-state index in [2.05, 4.69) is 36.1 Å². The smallest absolute Gasteiger partial charge is 0.251 e. The monoisotopic (exact) mass is 464 g/mol. The van der Waals surface area contributed by atoms with E-state index in [-0.39, 0.29) is 12.1 Å². The molecular weight excluding hydrogens is 442 g/mol. The lowest BCUT2D eigenvalue weighted by molar-refractivity contribution is 0.0950. The zero-order chi connectivity index (χ0) is 24.1. The normalized spacial score (nSPS) is 10.7. The van der Waals surface area contributed by atoms with Crippen LogP contribution in [0.25, 0.3) is 11.5 Å². The molecule has 0 spiro atoms. The lowest BCUT2D eigenvalue weighted by Gasteiger charge is -2.10. The molecule has 1 amide bonds. The van der Waals surface area contributed by atoms with E-state index in [4.69, 9.17) is 0 Å². The molecular formula is C23H22F2N8O. The highest BCUT2D eigenvalue weighted by Crippen LogP contribution is 2.18. The summed E-state index contributed by atoms with van der Waals surface area (Å²) in [7, 11) is 3.60. The SMILES string of the molecule is CNc1cc(-c2nnc(CNc3cccc(C(=O)NCc4c(F)cccc4F)c3)n2C)ncn1. The van der Waals surface area contributed by atoms with Crippen molar-refractivity contribution in [3.8, 4) is 11.5 Å². The van der Waals surface area contributed by atoms with Gasteiger partial charge in [0.15, 0.2) is 11.6 Å². The molecule has 0 bridgehead atoms. The van der Waals surface area contributed by atoms with Gasteiger partial charge >= 0.3 is 0 Å². The predicted octanol–water partition coefficient (Wildman–Crippen LogP) is 3.13. The molecule has 0 atom stereocenters. The van der Waals surface area contributed by atoms with Crippen LogP contribution in [0, 0.1) is 11.6 Å². The predicted molar refractivity (Wildman–Crippen MR) is 123 cm³/mol. The lowest BCUT2D eigenvalue weighted by atomic mass is 10.1. The summed E-state index contributed by atoms with van der Waals surface area (Å²) in [6.07, 6.45) is 1.45. The summed E-state index contributed by atoms with van der Waals surface area (Å²) in [5.41, 5.74) is 1.47. The number of nitrogens with one attached hydrogen (secondary N) is 3. The maximum absolute atomic E-state index is 13.8. The molecule has 4 rings (SSSR count). The first kappa shape index (κ1) is 22.8. The third kappa shape index (κ3) is 4.98. The van der Waals surface area contributed by atoms with Crippen molar-refractivity contribution >= 4 is 17.4 Å². The van der Waals surface area contributed by atoms with Gasteiger partial charge in [0.1, 0.15) is 29.5 Å². The number of aromatic nitrogens is 5. The first-order valence-electron chi connectivity index (χ1n) is 10.4. The highest BCUT2D eigenvalue weighted by molar-refractivity contribution is 5.95. The van der Waals surface area contributed by atoms with Crippen molar-refractivity contribution in [2.24, 2.45) is 7.05 Å². The standard InChI is InChI=1S/C23H22F2N8O/c1-26-20-10-19(29-13-30-20)22-32-31-21(33(22)2)12-27-15-6-3-5-14(9-15)23(34)28-11-16-17(24)7-4-8-18(16)25/h3-10,13,27H,11-12H2,1-2H3,(H,28,34)(H,26,29,30). The van der Waals surface area contributed by atoms with Gasteiger partial charge in [0, 0.05) is 43.5 Å². The molecule has 4 aromatic rings. The molecule has 0 saturated heterocycles. The number of hydrogen-bond acceptors (Lipinski definition) is 7. The van der Waals surface area contributed by atoms with Gasteiger partial charge in [-0.3, -0.25) is 4.79 Å². The number of nitrogens with zero attached hydrogens (tertiary/aromatic N) is 5. The quantitative estimate of drug-likeness (QED) is 0.368. The van der Waals surface area contributed by atoms with Gasteiger partial charge in [-0.25, -0.2) is 18.7 Å². The van der Waals surface area contributed by atoms with Gasteiger partial charge in [-0.2, -0.15) is 0 Å². The van der Waals surface area contributed by atoms with Crippen LogP contribution in [0.4, 0.5) is 20.3 Å². The molecule has 34 heavy (non-hydrogen) atoms. The average Bonchev–Trinajstić information content (AvgIpc) is 3.22. The second-order valence-corrected chi connectivity index (χ2v) is 7.35. The van der Waals surface area contributed by atoms with E-state index < -0.39 is 17.5 Å². The second kappa shape index (κ2) is 10.0. The molecule has 0 radical (unpaired) electrons. The van der Waals surface area contributed by atoms with E-state index in [1.54, 1.807) is 37.4 Å². The summed E-state index contributed by atoms with van der Waals surface area (Å²) in [5, 5.41) is 17.1. The van der Waals surface area contributed by atoms with E-state index in [1.807, 2.05) is 11.6 Å². The van der Waals surface area contributed by atoms with Crippen molar-refractivity contribution in [3.63, 3.8) is 0 Å². The molecule has 3 N–H and O–H groups in total. The molecule has 174 valence electrons. The summed E-state index contributed by atoms with van der Waals surface area (Å²) in [6.45, 7) is 0.0913. The van der Waals surface area contributed by atoms with Gasteiger partial charge < -0.3 is 20.5 Å². The van der Waals surface area contributed by atoms with Crippen LogP contribution >= 0.6 is 0 Å². The minimum absolute atomic E-state index is 0.186. The zero-order valence-corrected chi connectivity index (χ0v) is 18.5. The molecule has 0 aliphatic heterocycles. The Labute approximate surface area is 194 Å². The van der Waals surface area contributed by atoms with Crippen molar-refractivity contribution in [3.05, 3.63) is 83.4 Å². The molecule has 2 aromatic carbocycles. The highest BCUT2D eigenvalue weighted by atomic mass is 19.1. The van der Waals surface area contributed by atoms with Crippen LogP contribution in [-0.2, 0) is 20.1 Å². The van der Waals surface area contributed by atoms with Crippen molar-refractivity contribution in [2.45, 2.75) is 13.1 Å². The van der Waals surface area contributed by atoms with Gasteiger partial charge in [-0.1, -0.05) is 12.1 Å². The van der Waals surface area contributed by atoms with Crippen LogP contribution in [0.1, 0.15) is 21.7 Å². The molecule has 0 aliphatic rings. The topological polar surface area (TPSA) is 110 Å². The third-order valence-electron chi connectivity index (χ3n) is 5.18. The molecule has 0 unspecified atom stereocenters. The van der Waals surface area contributed by atoms with E-state index in [0.29, 0.717) is 41.0 Å². The molecule has 11 heteroatoms. The molecule has 2 heterocycles. The Bertz CT molecular complexity index is 1300. The number of carbonyl (C=O) groups excluding carboxylic acids is 1. The van der Waals surface area contributed by atoms with Gasteiger partial charge in [0.2, 0.25) is 0 Å². The van der Waals surface area contributed by atoms with E-state index in [0.717, 1.165) is 12.1 Å². The van der Waals surface area contributed by atoms with Crippen LogP contribution in [-0.4, -0.2) is 37.7 Å². The Morgan fingerprint density at radius 3 is 2.53 bits per heavy atom. The fourth-order valence-electron chi connectivity index (χ4n) is 3.28. The number of hydrogen-bond donors (Lipinski definition) is 3. The Balaban J connectivity index is 1.41. The van der Waals surface area contributed by atoms with Gasteiger partial charge in [-0.15, -0.1) is 10.2 Å². The van der Waals surface area contributed by atoms with Crippen LogP contribution in [0.15, 0.2) is 54.9 Å². The van der Waals surface area contributed by atoms with Gasteiger partial charge in [0.25, 0.3) is 5.91 Å². The maximum Gasteiger partial charge on any atom is 0.251 e. The second-order valence-electron chi connectivity index (χ2n) is 7.35. The minimum Gasteiger partial charge on any atom is -0.378 e. The van der Waals surface area contributed by atoms with Crippen molar-refractivity contribution in [2.75, 3.05) is 17.7 Å². The van der Waals surface area contributed by atoms with Crippen LogP contribution < -0.4 is 16.0 Å². The van der Waals surface area contributed by atoms with Crippen LogP contribution in [0.2, 0.25) is 0 Å². The molecule has 2 aromatic heterocycles. The van der Waals surface area contributed by atoms with Crippen molar-refractivity contribution < 1.29 is 13.6 Å². The number of anilines is 2. The molecule has 9 nitrogen and oxygen atoms in total. The molecule has 0 saturated carbocycles. The number of halogens is 2. The van der Waals surface area contributed by atoms with Crippen LogP contribution in [0.5, 0.6) is 0 Å². The van der Waals surface area contributed by atoms with Crippen LogP contribution in [0.3, 0.4) is 0 Å². The van der Waals surface area contributed by atoms with Gasteiger partial charge in [-0.05, 0) is 30.3 Å². The number of amides is 1. The summed E-state index contributed by atoms with van der Waals surface area (Å²) in [6, 6.07) is 12.1. The number of benzene rings is 2. The van der Waals surface area contributed by atoms with E-state index >= 15 is 0 Å². The lowest BCUT2D eigenvalue weighted by Crippen LogP contribution is -2.24. The zero-order valence-electron chi connectivity index (χ0n) is 18.5. The Hall–Kier alpha value is -4.41. The summed E-state index contributed by atoms with van der Waals surface area (Å²) >= 11 is 0. The van der Waals surface area contributed by atoms with Crippen molar-refractivity contribution in [1.82, 2.24) is 30.0 Å². The number of carbonyl (C=O) groups is 1.